The normalized spacial score (nSPS) is 26.6. The highest BCUT2D eigenvalue weighted by atomic mass is 19.1. The number of carbonyl (C=O) groups is 2. The van der Waals surface area contributed by atoms with E-state index in [9.17, 15) is 9.59 Å². The Balaban J connectivity index is 1.67. The third-order valence-corrected chi connectivity index (χ3v) is 4.56. The van der Waals surface area contributed by atoms with Gasteiger partial charge >= 0.3 is 11.9 Å². The second kappa shape index (κ2) is 8.50. The van der Waals surface area contributed by atoms with Crippen molar-refractivity contribution < 1.29 is 32.9 Å². The molecule has 0 aliphatic carbocycles. The molecule has 7 heteroatoms. The minimum atomic E-state index is -1.76. The monoisotopic (exact) mass is 388 g/mol. The number of benzene rings is 2. The third-order valence-electron chi connectivity index (χ3n) is 4.56. The maximum absolute atomic E-state index is 15.1. The van der Waals surface area contributed by atoms with Crippen LogP contribution in [0.25, 0.3) is 0 Å². The number of ether oxygens (including phenoxy) is 4. The van der Waals surface area contributed by atoms with Gasteiger partial charge in [0.2, 0.25) is 6.29 Å². The molecule has 0 bridgehead atoms. The molecule has 1 aliphatic rings. The minimum absolute atomic E-state index is 0.282. The van der Waals surface area contributed by atoms with E-state index in [1.165, 1.54) is 14.0 Å². The molecule has 1 heterocycles. The summed E-state index contributed by atoms with van der Waals surface area (Å²) in [5, 5.41) is 0. The Hall–Kier alpha value is -2.77. The molecule has 4 atom stereocenters. The van der Waals surface area contributed by atoms with E-state index in [1.807, 2.05) is 0 Å². The van der Waals surface area contributed by atoms with E-state index in [2.05, 4.69) is 0 Å². The van der Waals surface area contributed by atoms with E-state index < -0.39 is 36.1 Å². The maximum atomic E-state index is 15.1. The smallest absolute Gasteiger partial charge is 0.338 e. The summed E-state index contributed by atoms with van der Waals surface area (Å²) in [6, 6.07) is 16.6. The molecule has 0 spiro atoms. The molecule has 3 rings (SSSR count). The number of halogens is 1. The Bertz CT molecular complexity index is 812. The highest BCUT2D eigenvalue weighted by Gasteiger charge is 2.58. The third kappa shape index (κ3) is 4.05. The van der Waals surface area contributed by atoms with Crippen LogP contribution in [-0.2, 0) is 18.9 Å². The Kier molecular flexibility index (Phi) is 6.06. The van der Waals surface area contributed by atoms with Crippen LogP contribution in [0.5, 0.6) is 0 Å². The van der Waals surface area contributed by atoms with Crippen molar-refractivity contribution in [3.63, 3.8) is 0 Å². The van der Waals surface area contributed by atoms with Crippen molar-refractivity contribution in [1.29, 1.82) is 0 Å². The molecule has 148 valence electrons. The van der Waals surface area contributed by atoms with Gasteiger partial charge in [0.05, 0.1) is 11.1 Å². The van der Waals surface area contributed by atoms with Gasteiger partial charge in [0, 0.05) is 7.11 Å². The first-order valence-corrected chi connectivity index (χ1v) is 8.78. The Morgan fingerprint density at radius 3 is 2.07 bits per heavy atom. The van der Waals surface area contributed by atoms with Crippen LogP contribution in [-0.4, -0.2) is 49.8 Å². The van der Waals surface area contributed by atoms with Crippen LogP contribution in [0.4, 0.5) is 4.39 Å². The summed E-state index contributed by atoms with van der Waals surface area (Å²) in [6.45, 7) is 1.05. The fourth-order valence-electron chi connectivity index (χ4n) is 3.03. The predicted octanol–water partition coefficient (Wildman–Crippen LogP) is 3.17. The lowest BCUT2D eigenvalue weighted by Gasteiger charge is -2.30. The number of rotatable bonds is 6. The maximum Gasteiger partial charge on any atom is 0.338 e. The fourth-order valence-corrected chi connectivity index (χ4v) is 3.03. The number of carbonyl (C=O) groups excluding carboxylic acids is 2. The van der Waals surface area contributed by atoms with Gasteiger partial charge in [-0.2, -0.15) is 0 Å². The predicted molar refractivity (Wildman–Crippen MR) is 97.6 cm³/mol. The highest BCUT2D eigenvalue weighted by molar-refractivity contribution is 5.90. The average Bonchev–Trinajstić information content (AvgIpc) is 2.97. The first-order valence-electron chi connectivity index (χ1n) is 8.78. The molecule has 2 aromatic rings. The zero-order valence-electron chi connectivity index (χ0n) is 15.5. The van der Waals surface area contributed by atoms with Crippen LogP contribution in [0.2, 0.25) is 0 Å². The van der Waals surface area contributed by atoms with Gasteiger partial charge in [0.25, 0.3) is 0 Å². The van der Waals surface area contributed by atoms with E-state index in [1.54, 1.807) is 60.7 Å². The van der Waals surface area contributed by atoms with Gasteiger partial charge in [-0.1, -0.05) is 36.4 Å². The van der Waals surface area contributed by atoms with Gasteiger partial charge in [-0.3, -0.25) is 0 Å². The Morgan fingerprint density at radius 1 is 1.00 bits per heavy atom. The second-order valence-electron chi connectivity index (χ2n) is 6.55. The quantitative estimate of drug-likeness (QED) is 0.708. The molecule has 4 unspecified atom stereocenters. The van der Waals surface area contributed by atoms with E-state index in [0.29, 0.717) is 5.56 Å². The van der Waals surface area contributed by atoms with Crippen LogP contribution < -0.4 is 0 Å². The van der Waals surface area contributed by atoms with Crippen molar-refractivity contribution in [3.8, 4) is 0 Å². The lowest BCUT2D eigenvalue weighted by atomic mass is 9.98. The van der Waals surface area contributed by atoms with Gasteiger partial charge in [-0.15, -0.1) is 0 Å². The van der Waals surface area contributed by atoms with Crippen LogP contribution in [0.15, 0.2) is 60.7 Å². The Labute approximate surface area is 162 Å². The zero-order chi connectivity index (χ0) is 20.1. The minimum Gasteiger partial charge on any atom is -0.459 e. The first kappa shape index (κ1) is 20.0. The molecule has 6 nitrogen and oxygen atoms in total. The summed E-state index contributed by atoms with van der Waals surface area (Å²) in [5.41, 5.74) is -1.06. The molecule has 1 fully saturated rings. The number of hydrogen-bond acceptors (Lipinski definition) is 6. The molecule has 0 aromatic heterocycles. The standard InChI is InChI=1S/C21H21FO6/c1-21(28-19(24)15-11-7-4-8-12-15)17(22)16(27-20(21)25-2)13-26-18(23)14-9-5-3-6-10-14/h3-12,16-17,20H,13H2,1-2H3. The molecular formula is C21H21FO6. The number of hydrogen-bond donors (Lipinski definition) is 0. The number of alkyl halides is 1. The summed E-state index contributed by atoms with van der Waals surface area (Å²) in [5.74, 6) is -1.29. The van der Waals surface area contributed by atoms with Crippen LogP contribution in [0.1, 0.15) is 27.6 Å². The van der Waals surface area contributed by atoms with Crippen molar-refractivity contribution in [2.45, 2.75) is 31.1 Å². The zero-order valence-corrected chi connectivity index (χ0v) is 15.5. The SMILES string of the molecule is COC1OC(COC(=O)c2ccccc2)C(F)C1(C)OC(=O)c1ccccc1. The van der Waals surface area contributed by atoms with E-state index in [4.69, 9.17) is 18.9 Å². The van der Waals surface area contributed by atoms with Crippen LogP contribution in [0.3, 0.4) is 0 Å². The molecule has 2 aromatic carbocycles. The van der Waals surface area contributed by atoms with Crippen molar-refractivity contribution in [2.24, 2.45) is 0 Å². The molecule has 28 heavy (non-hydrogen) atoms. The first-order chi connectivity index (χ1) is 13.5. The molecule has 0 radical (unpaired) electrons. The lowest BCUT2D eigenvalue weighted by molar-refractivity contribution is -0.186. The average molecular weight is 388 g/mol. The molecule has 0 saturated carbocycles. The van der Waals surface area contributed by atoms with Crippen molar-refractivity contribution in [3.05, 3.63) is 71.8 Å². The molecule has 1 aliphatic heterocycles. The lowest BCUT2D eigenvalue weighted by Crippen LogP contribution is -2.48. The summed E-state index contributed by atoms with van der Waals surface area (Å²) < 4.78 is 36.4. The molecule has 1 saturated heterocycles. The van der Waals surface area contributed by atoms with Gasteiger partial charge in [-0.05, 0) is 31.2 Å². The van der Waals surface area contributed by atoms with E-state index >= 15 is 4.39 Å². The molecular weight excluding hydrogens is 367 g/mol. The number of methoxy groups -OCH3 is 1. The summed E-state index contributed by atoms with van der Waals surface area (Å²) >= 11 is 0. The van der Waals surface area contributed by atoms with Gasteiger partial charge in [0.1, 0.15) is 12.7 Å². The van der Waals surface area contributed by atoms with Gasteiger partial charge in [-0.25, -0.2) is 14.0 Å². The van der Waals surface area contributed by atoms with E-state index in [-0.39, 0.29) is 12.2 Å². The van der Waals surface area contributed by atoms with Crippen LogP contribution >= 0.6 is 0 Å². The largest absolute Gasteiger partial charge is 0.459 e. The topological polar surface area (TPSA) is 71.1 Å². The highest BCUT2D eigenvalue weighted by Crippen LogP contribution is 2.38. The number of esters is 2. The van der Waals surface area contributed by atoms with E-state index in [0.717, 1.165) is 0 Å². The van der Waals surface area contributed by atoms with Gasteiger partial charge < -0.3 is 18.9 Å². The fraction of sp³-hybridized carbons (Fsp3) is 0.333. The van der Waals surface area contributed by atoms with Crippen molar-refractivity contribution in [2.75, 3.05) is 13.7 Å². The summed E-state index contributed by atoms with van der Waals surface area (Å²) in [6.07, 6.45) is -4.03. The molecule has 0 N–H and O–H groups in total. The summed E-state index contributed by atoms with van der Waals surface area (Å²) in [7, 11) is 1.32. The molecule has 0 amide bonds. The van der Waals surface area contributed by atoms with Crippen molar-refractivity contribution in [1.82, 2.24) is 0 Å². The second-order valence-corrected chi connectivity index (χ2v) is 6.55. The Morgan fingerprint density at radius 2 is 1.54 bits per heavy atom. The van der Waals surface area contributed by atoms with Crippen molar-refractivity contribution >= 4 is 11.9 Å². The summed E-state index contributed by atoms with van der Waals surface area (Å²) in [4.78, 5) is 24.5. The van der Waals surface area contributed by atoms with Gasteiger partial charge in [0.15, 0.2) is 11.8 Å². The van der Waals surface area contributed by atoms with Crippen LogP contribution in [0, 0.1) is 0 Å².